The zero-order chi connectivity index (χ0) is 7.98. The van der Waals surface area contributed by atoms with Gasteiger partial charge in [-0.15, -0.1) is 6.58 Å². The van der Waals surface area contributed by atoms with Crippen molar-refractivity contribution in [2.45, 2.75) is 0 Å². The molecule has 0 heterocycles. The number of rotatable bonds is 4. The Morgan fingerprint density at radius 1 is 1.70 bits per heavy atom. The summed E-state index contributed by atoms with van der Waals surface area (Å²) < 4.78 is 0. The molecule has 0 fully saturated rings. The average molecular weight is 142 g/mol. The van der Waals surface area contributed by atoms with Crippen molar-refractivity contribution in [3.8, 4) is 0 Å². The van der Waals surface area contributed by atoms with Crippen LogP contribution in [-0.4, -0.2) is 38.0 Å². The van der Waals surface area contributed by atoms with E-state index in [4.69, 9.17) is 0 Å². The molecule has 1 N–H and O–H groups in total. The summed E-state index contributed by atoms with van der Waals surface area (Å²) in [4.78, 5) is 12.6. The zero-order valence-corrected chi connectivity index (χ0v) is 6.55. The summed E-state index contributed by atoms with van der Waals surface area (Å²) in [5.74, 6) is 0.0323. The van der Waals surface area contributed by atoms with E-state index in [-0.39, 0.29) is 5.91 Å². The second-order valence-corrected chi connectivity index (χ2v) is 2.33. The Bertz CT molecular complexity index is 121. The van der Waals surface area contributed by atoms with E-state index in [1.165, 1.54) is 0 Å². The number of hydrogen-bond acceptors (Lipinski definition) is 2. The Morgan fingerprint density at radius 3 is 2.70 bits per heavy atom. The number of hydrogen-bond donors (Lipinski definition) is 1. The maximum absolute atomic E-state index is 10.8. The molecule has 0 aliphatic carbocycles. The second kappa shape index (κ2) is 4.99. The third-order valence-corrected chi connectivity index (χ3v) is 0.903. The summed E-state index contributed by atoms with van der Waals surface area (Å²) in [6, 6.07) is 0. The summed E-state index contributed by atoms with van der Waals surface area (Å²) in [6.07, 6.45) is 1.66. The number of likely N-dealkylation sites (N-methyl/N-ethyl adjacent to an activating group) is 1. The van der Waals surface area contributed by atoms with Crippen LogP contribution in [0, 0.1) is 0 Å². The topological polar surface area (TPSA) is 32.3 Å². The minimum Gasteiger partial charge on any atom is -0.352 e. The lowest BCUT2D eigenvalue weighted by molar-refractivity contribution is -0.121. The highest BCUT2D eigenvalue weighted by Crippen LogP contribution is 1.73. The van der Waals surface area contributed by atoms with E-state index < -0.39 is 0 Å². The first kappa shape index (κ1) is 9.17. The Labute approximate surface area is 61.7 Å². The van der Waals surface area contributed by atoms with Crippen LogP contribution in [-0.2, 0) is 4.79 Å². The van der Waals surface area contributed by atoms with Gasteiger partial charge in [0.05, 0.1) is 6.54 Å². The summed E-state index contributed by atoms with van der Waals surface area (Å²) >= 11 is 0. The van der Waals surface area contributed by atoms with Gasteiger partial charge in [0.25, 0.3) is 0 Å². The van der Waals surface area contributed by atoms with Gasteiger partial charge in [0.2, 0.25) is 5.91 Å². The number of carbonyl (C=O) groups is 1. The Kier molecular flexibility index (Phi) is 4.58. The minimum atomic E-state index is 0.0323. The van der Waals surface area contributed by atoms with Gasteiger partial charge in [0.15, 0.2) is 0 Å². The van der Waals surface area contributed by atoms with Gasteiger partial charge >= 0.3 is 0 Å². The Hall–Kier alpha value is -0.830. The van der Waals surface area contributed by atoms with Crippen molar-refractivity contribution in [1.82, 2.24) is 10.2 Å². The van der Waals surface area contributed by atoms with E-state index in [1.807, 2.05) is 19.0 Å². The first-order valence-electron chi connectivity index (χ1n) is 3.19. The molecule has 0 aromatic heterocycles. The monoisotopic (exact) mass is 142 g/mol. The Balaban J connectivity index is 3.34. The largest absolute Gasteiger partial charge is 0.352 e. The molecule has 0 spiro atoms. The zero-order valence-electron chi connectivity index (χ0n) is 6.55. The van der Waals surface area contributed by atoms with Gasteiger partial charge in [-0.2, -0.15) is 0 Å². The molecule has 0 rings (SSSR count). The van der Waals surface area contributed by atoms with Gasteiger partial charge in [0, 0.05) is 6.54 Å². The molecule has 3 nitrogen and oxygen atoms in total. The SMILES string of the molecule is C=CCNC(=O)CN(C)C. The van der Waals surface area contributed by atoms with Crippen LogP contribution in [0.5, 0.6) is 0 Å². The molecular formula is C7H14N2O. The predicted octanol–water partition coefficient (Wildman–Crippen LogP) is -0.150. The molecule has 3 heteroatoms. The van der Waals surface area contributed by atoms with Gasteiger partial charge in [-0.1, -0.05) is 6.08 Å². The van der Waals surface area contributed by atoms with E-state index in [9.17, 15) is 4.79 Å². The molecule has 1 amide bonds. The van der Waals surface area contributed by atoms with Gasteiger partial charge in [-0.3, -0.25) is 4.79 Å². The highest BCUT2D eigenvalue weighted by molar-refractivity contribution is 5.78. The molecule has 10 heavy (non-hydrogen) atoms. The van der Waals surface area contributed by atoms with Crippen LogP contribution in [0.2, 0.25) is 0 Å². The van der Waals surface area contributed by atoms with E-state index in [1.54, 1.807) is 6.08 Å². The molecule has 0 aliphatic rings. The van der Waals surface area contributed by atoms with Crippen LogP contribution in [0.25, 0.3) is 0 Å². The molecule has 0 aliphatic heterocycles. The summed E-state index contributed by atoms with van der Waals surface area (Å²) in [6.45, 7) is 4.47. The van der Waals surface area contributed by atoms with Crippen LogP contribution in [0.1, 0.15) is 0 Å². The normalized spacial score (nSPS) is 9.50. The highest BCUT2D eigenvalue weighted by atomic mass is 16.1. The lowest BCUT2D eigenvalue weighted by atomic mass is 10.5. The molecule has 0 aromatic carbocycles. The quantitative estimate of drug-likeness (QED) is 0.554. The van der Waals surface area contributed by atoms with Crippen molar-refractivity contribution in [1.29, 1.82) is 0 Å². The molecule has 58 valence electrons. The van der Waals surface area contributed by atoms with E-state index in [0.29, 0.717) is 13.1 Å². The number of carbonyl (C=O) groups excluding carboxylic acids is 1. The van der Waals surface area contributed by atoms with Crippen molar-refractivity contribution in [2.75, 3.05) is 27.2 Å². The molecule has 0 radical (unpaired) electrons. The molecule has 0 aromatic rings. The second-order valence-electron chi connectivity index (χ2n) is 2.33. The fourth-order valence-electron chi connectivity index (χ4n) is 0.529. The fraction of sp³-hybridized carbons (Fsp3) is 0.571. The summed E-state index contributed by atoms with van der Waals surface area (Å²) in [5.41, 5.74) is 0. The molecule has 0 unspecified atom stereocenters. The van der Waals surface area contributed by atoms with Gasteiger partial charge in [-0.05, 0) is 14.1 Å². The third kappa shape index (κ3) is 5.31. The van der Waals surface area contributed by atoms with Crippen LogP contribution >= 0.6 is 0 Å². The third-order valence-electron chi connectivity index (χ3n) is 0.903. The number of amides is 1. The molecule has 0 saturated heterocycles. The first-order valence-corrected chi connectivity index (χ1v) is 3.19. The summed E-state index contributed by atoms with van der Waals surface area (Å²) in [5, 5.41) is 2.66. The van der Waals surface area contributed by atoms with Crippen molar-refractivity contribution >= 4 is 5.91 Å². The fourth-order valence-corrected chi connectivity index (χ4v) is 0.529. The van der Waals surface area contributed by atoms with Crippen LogP contribution in [0.4, 0.5) is 0 Å². The lowest BCUT2D eigenvalue weighted by Gasteiger charge is -2.07. The molecular weight excluding hydrogens is 128 g/mol. The smallest absolute Gasteiger partial charge is 0.234 e. The van der Waals surface area contributed by atoms with Crippen molar-refractivity contribution in [3.05, 3.63) is 12.7 Å². The maximum Gasteiger partial charge on any atom is 0.234 e. The van der Waals surface area contributed by atoms with Crippen molar-refractivity contribution < 1.29 is 4.79 Å². The Morgan fingerprint density at radius 2 is 2.30 bits per heavy atom. The molecule has 0 atom stereocenters. The maximum atomic E-state index is 10.8. The molecule has 0 bridgehead atoms. The van der Waals surface area contributed by atoms with Gasteiger partial charge in [-0.25, -0.2) is 0 Å². The van der Waals surface area contributed by atoms with E-state index in [2.05, 4.69) is 11.9 Å². The lowest BCUT2D eigenvalue weighted by Crippen LogP contribution is -2.33. The summed E-state index contributed by atoms with van der Waals surface area (Å²) in [7, 11) is 3.71. The first-order chi connectivity index (χ1) is 4.66. The number of nitrogens with zero attached hydrogens (tertiary/aromatic N) is 1. The van der Waals surface area contributed by atoms with Crippen LogP contribution in [0.15, 0.2) is 12.7 Å². The van der Waals surface area contributed by atoms with E-state index in [0.717, 1.165) is 0 Å². The van der Waals surface area contributed by atoms with Crippen molar-refractivity contribution in [2.24, 2.45) is 0 Å². The van der Waals surface area contributed by atoms with E-state index >= 15 is 0 Å². The number of nitrogens with one attached hydrogen (secondary N) is 1. The van der Waals surface area contributed by atoms with Crippen molar-refractivity contribution in [3.63, 3.8) is 0 Å². The van der Waals surface area contributed by atoms with Crippen LogP contribution in [0.3, 0.4) is 0 Å². The highest BCUT2D eigenvalue weighted by Gasteiger charge is 1.98. The average Bonchev–Trinajstić information content (AvgIpc) is 1.82. The van der Waals surface area contributed by atoms with Crippen LogP contribution < -0.4 is 5.32 Å². The van der Waals surface area contributed by atoms with Gasteiger partial charge in [0.1, 0.15) is 0 Å². The standard InChI is InChI=1S/C7H14N2O/c1-4-5-8-7(10)6-9(2)3/h4H,1,5-6H2,2-3H3,(H,8,10). The van der Waals surface area contributed by atoms with Gasteiger partial charge < -0.3 is 10.2 Å². The minimum absolute atomic E-state index is 0.0323. The molecule has 0 saturated carbocycles. The predicted molar refractivity (Wildman–Crippen MR) is 41.8 cm³/mol.